The molecule has 2 aliphatic heterocycles. The fraction of sp³-hybridized carbons (Fsp3) is 0.984. The number of aliphatic hydroxyl groups is 8. The summed E-state index contributed by atoms with van der Waals surface area (Å²) in [6, 6.07) is -0.823. The molecule has 14 heteroatoms. The third-order valence-corrected chi connectivity index (χ3v) is 16.8. The van der Waals surface area contributed by atoms with Gasteiger partial charge >= 0.3 is 0 Å². The first-order valence-corrected chi connectivity index (χ1v) is 33.3. The maximum Gasteiger partial charge on any atom is 0.220 e. The molecule has 2 fully saturated rings. The highest BCUT2D eigenvalue weighted by molar-refractivity contribution is 5.76. The summed E-state index contributed by atoms with van der Waals surface area (Å²) in [4.78, 5) is 13.3. The molecule has 0 aromatic carbocycles. The molecule has 1 amide bonds. The Kier molecular flexibility index (Phi) is 47.3. The van der Waals surface area contributed by atoms with Crippen LogP contribution in [0.1, 0.15) is 309 Å². The van der Waals surface area contributed by atoms with E-state index in [4.69, 9.17) is 18.9 Å². The lowest BCUT2D eigenvalue weighted by Gasteiger charge is -2.46. The molecule has 12 atom stereocenters. The van der Waals surface area contributed by atoms with E-state index in [2.05, 4.69) is 19.2 Å². The number of carbonyl (C=O) groups excluding carboxylic acids is 1. The van der Waals surface area contributed by atoms with Gasteiger partial charge in [0.15, 0.2) is 12.6 Å². The first-order chi connectivity index (χ1) is 38.1. The zero-order valence-electron chi connectivity index (χ0n) is 50.2. The highest BCUT2D eigenvalue weighted by atomic mass is 16.7. The van der Waals surface area contributed by atoms with Crippen LogP contribution in [0.5, 0.6) is 0 Å². The second-order valence-corrected chi connectivity index (χ2v) is 24.0. The predicted molar refractivity (Wildman–Crippen MR) is 314 cm³/mol. The van der Waals surface area contributed by atoms with E-state index in [9.17, 15) is 45.6 Å². The van der Waals surface area contributed by atoms with Gasteiger partial charge in [-0.2, -0.15) is 0 Å². The minimum absolute atomic E-state index is 0.198. The van der Waals surface area contributed by atoms with Gasteiger partial charge in [0.05, 0.1) is 32.0 Å². The summed E-state index contributed by atoms with van der Waals surface area (Å²) in [6.07, 6.45) is 41.1. The molecule has 2 heterocycles. The molecule has 0 bridgehead atoms. The van der Waals surface area contributed by atoms with Crippen molar-refractivity contribution in [2.45, 2.75) is 383 Å². The normalized spacial score (nSPS) is 24.4. The summed E-state index contributed by atoms with van der Waals surface area (Å²) in [5, 5.41) is 87.5. The lowest BCUT2D eigenvalue weighted by atomic mass is 9.97. The van der Waals surface area contributed by atoms with Crippen molar-refractivity contribution in [3.8, 4) is 0 Å². The summed E-state index contributed by atoms with van der Waals surface area (Å²) in [5.41, 5.74) is 0. The van der Waals surface area contributed by atoms with Crippen molar-refractivity contribution in [3.63, 3.8) is 0 Å². The van der Waals surface area contributed by atoms with E-state index >= 15 is 0 Å². The SMILES string of the molecule is CCCCCCCCCCCCCCCCCCCCCCCCCCC(=O)NC(COC1OC(CO)C(OC2OC(CO)C(O)C(O)C2O)C(O)C1O)C(O)CCCCCCCCCCCCCCCCCCCCCC. The Morgan fingerprint density at radius 2 is 0.731 bits per heavy atom. The Morgan fingerprint density at radius 3 is 1.09 bits per heavy atom. The van der Waals surface area contributed by atoms with Crippen LogP contribution in [0, 0.1) is 0 Å². The molecule has 0 aromatic heterocycles. The molecule has 0 saturated carbocycles. The zero-order chi connectivity index (χ0) is 56.7. The van der Waals surface area contributed by atoms with Crippen molar-refractivity contribution in [2.24, 2.45) is 0 Å². The van der Waals surface area contributed by atoms with Crippen LogP contribution in [0.25, 0.3) is 0 Å². The first kappa shape index (κ1) is 73.1. The fourth-order valence-electron chi connectivity index (χ4n) is 11.5. The van der Waals surface area contributed by atoms with Gasteiger partial charge in [0.1, 0.15) is 48.8 Å². The number of nitrogens with one attached hydrogen (secondary N) is 1. The molecule has 0 aromatic rings. The van der Waals surface area contributed by atoms with Gasteiger partial charge in [0.25, 0.3) is 0 Å². The van der Waals surface area contributed by atoms with Crippen molar-refractivity contribution in [3.05, 3.63) is 0 Å². The van der Waals surface area contributed by atoms with Gasteiger partial charge in [-0.1, -0.05) is 290 Å². The molecule has 464 valence electrons. The molecule has 14 nitrogen and oxygen atoms in total. The topological polar surface area (TPSA) is 228 Å². The van der Waals surface area contributed by atoms with E-state index < -0.39 is 86.8 Å². The molecule has 0 radical (unpaired) electrons. The van der Waals surface area contributed by atoms with Crippen LogP contribution in [-0.4, -0.2) is 140 Å². The Balaban J connectivity index is 1.69. The first-order valence-electron chi connectivity index (χ1n) is 33.3. The molecule has 2 saturated heterocycles. The third kappa shape index (κ3) is 35.2. The van der Waals surface area contributed by atoms with Crippen molar-refractivity contribution < 1.29 is 64.6 Å². The zero-order valence-corrected chi connectivity index (χ0v) is 50.2. The minimum Gasteiger partial charge on any atom is -0.394 e. The standard InChI is InChI=1S/C64H125NO13/c1-3-5-7-9-11-13-15-17-19-21-23-25-26-27-28-30-32-34-36-38-40-42-44-46-48-56(69)65-52(53(68)47-45-43-41-39-37-35-33-31-29-24-22-20-18-16-14-12-10-8-6-4-2)51-75-63-61(74)59(72)62(55(50-67)77-63)78-64-60(73)58(71)57(70)54(49-66)76-64/h52-55,57-64,66-68,70-74H,3-51H2,1-2H3,(H,65,69). The van der Waals surface area contributed by atoms with Gasteiger partial charge in [0, 0.05) is 6.42 Å². The Bertz CT molecular complexity index is 1310. The molecule has 2 rings (SSSR count). The van der Waals surface area contributed by atoms with Crippen LogP contribution < -0.4 is 5.32 Å². The smallest absolute Gasteiger partial charge is 0.220 e. The average molecular weight is 1120 g/mol. The van der Waals surface area contributed by atoms with E-state index in [1.54, 1.807) is 0 Å². The van der Waals surface area contributed by atoms with E-state index in [1.807, 2.05) is 0 Å². The number of ether oxygens (including phenoxy) is 4. The lowest BCUT2D eigenvalue weighted by Crippen LogP contribution is -2.65. The van der Waals surface area contributed by atoms with Crippen molar-refractivity contribution >= 4 is 5.91 Å². The average Bonchev–Trinajstić information content (AvgIpc) is 3.48. The largest absolute Gasteiger partial charge is 0.394 e. The highest BCUT2D eigenvalue weighted by Crippen LogP contribution is 2.30. The van der Waals surface area contributed by atoms with Gasteiger partial charge in [-0.25, -0.2) is 0 Å². The fourth-order valence-corrected chi connectivity index (χ4v) is 11.5. The number of aliphatic hydroxyl groups excluding tert-OH is 8. The Hall–Kier alpha value is -1.01. The molecule has 12 unspecified atom stereocenters. The molecule has 2 aliphatic rings. The van der Waals surface area contributed by atoms with Crippen LogP contribution in [0.15, 0.2) is 0 Å². The number of hydrogen-bond acceptors (Lipinski definition) is 13. The van der Waals surface area contributed by atoms with Crippen molar-refractivity contribution in [1.29, 1.82) is 0 Å². The number of rotatable bonds is 55. The summed E-state index contributed by atoms with van der Waals surface area (Å²) in [5.74, 6) is -0.198. The number of unbranched alkanes of at least 4 members (excludes halogenated alkanes) is 42. The predicted octanol–water partition coefficient (Wildman–Crippen LogP) is 12.5. The Labute approximate surface area is 476 Å². The summed E-state index contributed by atoms with van der Waals surface area (Å²) >= 11 is 0. The van der Waals surface area contributed by atoms with Gasteiger partial charge in [-0.05, 0) is 12.8 Å². The summed E-state index contributed by atoms with van der Waals surface area (Å²) in [6.45, 7) is 2.92. The molecular formula is C64H125NO13. The maximum absolute atomic E-state index is 13.3. The monoisotopic (exact) mass is 1120 g/mol. The second-order valence-electron chi connectivity index (χ2n) is 24.0. The van der Waals surface area contributed by atoms with Gasteiger partial charge in [-0.15, -0.1) is 0 Å². The second kappa shape index (κ2) is 50.5. The number of carbonyl (C=O) groups is 1. The van der Waals surface area contributed by atoms with E-state index in [0.29, 0.717) is 12.8 Å². The molecule has 9 N–H and O–H groups in total. The quantitative estimate of drug-likeness (QED) is 0.0259. The van der Waals surface area contributed by atoms with E-state index in [1.165, 1.54) is 231 Å². The van der Waals surface area contributed by atoms with Crippen LogP contribution in [0.2, 0.25) is 0 Å². The van der Waals surface area contributed by atoms with Crippen LogP contribution in [0.4, 0.5) is 0 Å². The Morgan fingerprint density at radius 1 is 0.410 bits per heavy atom. The van der Waals surface area contributed by atoms with E-state index in [0.717, 1.165) is 51.4 Å². The van der Waals surface area contributed by atoms with Crippen LogP contribution in [0.3, 0.4) is 0 Å². The summed E-state index contributed by atoms with van der Waals surface area (Å²) in [7, 11) is 0. The van der Waals surface area contributed by atoms with Gasteiger partial charge in [-0.3, -0.25) is 4.79 Å². The van der Waals surface area contributed by atoms with E-state index in [-0.39, 0.29) is 12.5 Å². The van der Waals surface area contributed by atoms with Crippen LogP contribution in [-0.2, 0) is 23.7 Å². The van der Waals surface area contributed by atoms with Gasteiger partial charge in [0.2, 0.25) is 5.91 Å². The molecule has 78 heavy (non-hydrogen) atoms. The molecular weight excluding hydrogens is 991 g/mol. The van der Waals surface area contributed by atoms with Crippen molar-refractivity contribution in [1.82, 2.24) is 5.32 Å². The minimum atomic E-state index is -1.78. The molecule has 0 aliphatic carbocycles. The summed E-state index contributed by atoms with van der Waals surface area (Å²) < 4.78 is 22.9. The number of hydrogen-bond donors (Lipinski definition) is 9. The van der Waals surface area contributed by atoms with Crippen molar-refractivity contribution in [2.75, 3.05) is 19.8 Å². The van der Waals surface area contributed by atoms with Crippen LogP contribution >= 0.6 is 0 Å². The van der Waals surface area contributed by atoms with Gasteiger partial charge < -0.3 is 65.1 Å². The maximum atomic E-state index is 13.3. The number of amides is 1. The third-order valence-electron chi connectivity index (χ3n) is 16.8. The highest BCUT2D eigenvalue weighted by Gasteiger charge is 2.51. The molecule has 0 spiro atoms. The lowest BCUT2D eigenvalue weighted by molar-refractivity contribution is -0.359.